The van der Waals surface area contributed by atoms with Gasteiger partial charge in [-0.1, -0.05) is 0 Å². The molecule has 0 aromatic carbocycles. The number of carbonyl (C=O) groups excluding carboxylic acids is 3. The molecule has 1 rings (SSSR count). The summed E-state index contributed by atoms with van der Waals surface area (Å²) in [6.07, 6.45) is -1.75. The molecule has 1 fully saturated rings. The molecular weight excluding hydrogens is 252 g/mol. The van der Waals surface area contributed by atoms with Gasteiger partial charge in [0.2, 0.25) is 11.8 Å². The van der Waals surface area contributed by atoms with E-state index in [2.05, 4.69) is 0 Å². The Morgan fingerprint density at radius 3 is 1.63 bits per heavy atom. The maximum absolute atomic E-state index is 12.2. The van der Waals surface area contributed by atoms with Crippen LogP contribution in [0.1, 0.15) is 34.1 Å². The van der Waals surface area contributed by atoms with E-state index < -0.39 is 30.3 Å². The van der Waals surface area contributed by atoms with Gasteiger partial charge in [-0.25, -0.2) is 14.6 Å². The Morgan fingerprint density at radius 1 is 0.947 bits per heavy atom. The first kappa shape index (κ1) is 15.6. The molecule has 1 saturated heterocycles. The van der Waals surface area contributed by atoms with Crippen molar-refractivity contribution >= 4 is 17.8 Å². The van der Waals surface area contributed by atoms with E-state index in [1.165, 1.54) is 0 Å². The Balaban J connectivity index is 2.92. The molecule has 2 unspecified atom stereocenters. The number of urea groups is 1. The summed E-state index contributed by atoms with van der Waals surface area (Å²) in [5.41, 5.74) is 0. The van der Waals surface area contributed by atoms with Gasteiger partial charge >= 0.3 is 6.03 Å². The van der Waals surface area contributed by atoms with Crippen LogP contribution >= 0.6 is 0 Å². The summed E-state index contributed by atoms with van der Waals surface area (Å²) in [5, 5.41) is 0. The average Bonchev–Trinajstić information content (AvgIpc) is 2.28. The minimum Gasteiger partial charge on any atom is -0.358 e. The number of carbonyl (C=O) groups is 3. The Kier molecular flexibility index (Phi) is 5.44. The smallest absolute Gasteiger partial charge is 0.337 e. The molecule has 7 nitrogen and oxygen atoms in total. The molecule has 0 saturated carbocycles. The van der Waals surface area contributed by atoms with E-state index in [0.29, 0.717) is 13.2 Å². The van der Waals surface area contributed by atoms with Gasteiger partial charge in [0.1, 0.15) is 18.9 Å². The normalized spacial score (nSPS) is 19.9. The number of rotatable bonds is 6. The first-order valence-corrected chi connectivity index (χ1v) is 6.35. The molecule has 0 N–H and O–H groups in total. The number of hydrogen-bond donors (Lipinski definition) is 0. The Morgan fingerprint density at radius 2 is 1.32 bits per heavy atom. The van der Waals surface area contributed by atoms with Crippen LogP contribution in [-0.4, -0.2) is 53.3 Å². The lowest BCUT2D eigenvalue weighted by Gasteiger charge is -2.37. The van der Waals surface area contributed by atoms with E-state index in [1.54, 1.807) is 27.7 Å². The van der Waals surface area contributed by atoms with E-state index in [9.17, 15) is 14.4 Å². The molecule has 1 heterocycles. The molecule has 108 valence electrons. The lowest BCUT2D eigenvalue weighted by molar-refractivity contribution is -0.157. The van der Waals surface area contributed by atoms with Crippen molar-refractivity contribution in [3.8, 4) is 0 Å². The molecule has 4 amide bonds. The van der Waals surface area contributed by atoms with Gasteiger partial charge in [0.25, 0.3) is 0 Å². The van der Waals surface area contributed by atoms with Crippen LogP contribution in [0.5, 0.6) is 0 Å². The first-order valence-electron chi connectivity index (χ1n) is 6.35. The number of imide groups is 2. The van der Waals surface area contributed by atoms with Crippen molar-refractivity contribution in [1.29, 1.82) is 0 Å². The number of ether oxygens (including phenoxy) is 2. The van der Waals surface area contributed by atoms with Crippen molar-refractivity contribution in [3.63, 3.8) is 0 Å². The van der Waals surface area contributed by atoms with Gasteiger partial charge in [0.05, 0.1) is 0 Å². The van der Waals surface area contributed by atoms with E-state index in [4.69, 9.17) is 9.47 Å². The second kappa shape index (κ2) is 6.63. The maximum Gasteiger partial charge on any atom is 0.337 e. The maximum atomic E-state index is 12.2. The fourth-order valence-electron chi connectivity index (χ4n) is 1.98. The van der Waals surface area contributed by atoms with Crippen LogP contribution in [0.25, 0.3) is 0 Å². The monoisotopic (exact) mass is 272 g/mol. The molecule has 19 heavy (non-hydrogen) atoms. The zero-order chi connectivity index (χ0) is 14.6. The van der Waals surface area contributed by atoms with Gasteiger partial charge < -0.3 is 9.47 Å². The molecule has 0 radical (unpaired) electrons. The van der Waals surface area contributed by atoms with Crippen molar-refractivity contribution in [3.05, 3.63) is 0 Å². The fourth-order valence-corrected chi connectivity index (χ4v) is 1.98. The summed E-state index contributed by atoms with van der Waals surface area (Å²) in [7, 11) is 0. The Labute approximate surface area is 112 Å². The van der Waals surface area contributed by atoms with Crippen molar-refractivity contribution in [1.82, 2.24) is 9.80 Å². The highest BCUT2D eigenvalue weighted by Crippen LogP contribution is 2.19. The average molecular weight is 272 g/mol. The molecule has 1 aliphatic heterocycles. The summed E-state index contributed by atoms with van der Waals surface area (Å²) in [5.74, 6) is -1.09. The minimum absolute atomic E-state index is 0.347. The first-order chi connectivity index (χ1) is 8.93. The largest absolute Gasteiger partial charge is 0.358 e. The van der Waals surface area contributed by atoms with E-state index in [-0.39, 0.29) is 6.42 Å². The second-order valence-corrected chi connectivity index (χ2v) is 4.10. The third-order valence-electron chi connectivity index (χ3n) is 2.79. The predicted octanol–water partition coefficient (Wildman–Crippen LogP) is 0.932. The highest BCUT2D eigenvalue weighted by Gasteiger charge is 2.42. The van der Waals surface area contributed by atoms with Crippen LogP contribution in [0.3, 0.4) is 0 Å². The molecular formula is C12H20N2O5. The molecule has 0 bridgehead atoms. The molecule has 7 heteroatoms. The summed E-state index contributed by atoms with van der Waals surface area (Å²) in [6.45, 7) is 7.46. The van der Waals surface area contributed by atoms with Crippen LogP contribution in [0.15, 0.2) is 0 Å². The van der Waals surface area contributed by atoms with Crippen LogP contribution in [0.2, 0.25) is 0 Å². The highest BCUT2D eigenvalue weighted by atomic mass is 16.5. The fraction of sp³-hybridized carbons (Fsp3) is 0.750. The third-order valence-corrected chi connectivity index (χ3v) is 2.79. The third kappa shape index (κ3) is 3.30. The van der Waals surface area contributed by atoms with E-state index in [0.717, 1.165) is 9.80 Å². The lowest BCUT2D eigenvalue weighted by atomic mass is 10.2. The summed E-state index contributed by atoms with van der Waals surface area (Å²) in [6, 6.07) is -0.692. The van der Waals surface area contributed by atoms with Gasteiger partial charge in [-0.05, 0) is 27.7 Å². The molecule has 0 spiro atoms. The number of hydrogen-bond acceptors (Lipinski definition) is 5. The molecule has 2 atom stereocenters. The number of amides is 4. The Bertz CT molecular complexity index is 339. The molecule has 0 aromatic rings. The molecule has 0 aromatic heterocycles. The lowest BCUT2D eigenvalue weighted by Crippen LogP contribution is -2.60. The van der Waals surface area contributed by atoms with Gasteiger partial charge in [-0.15, -0.1) is 0 Å². The van der Waals surface area contributed by atoms with Crippen LogP contribution in [0, 0.1) is 0 Å². The number of barbiturate groups is 1. The zero-order valence-electron chi connectivity index (χ0n) is 11.7. The van der Waals surface area contributed by atoms with Crippen molar-refractivity contribution in [2.45, 2.75) is 46.6 Å². The van der Waals surface area contributed by atoms with Gasteiger partial charge in [0, 0.05) is 13.2 Å². The SMILES string of the molecule is CCOC(C)N1C(=O)CC(=O)N(C(C)OCC)C1=O. The van der Waals surface area contributed by atoms with Gasteiger partial charge in [-0.2, -0.15) is 0 Å². The van der Waals surface area contributed by atoms with Crippen molar-refractivity contribution in [2.75, 3.05) is 13.2 Å². The van der Waals surface area contributed by atoms with Crippen molar-refractivity contribution in [2.24, 2.45) is 0 Å². The molecule has 1 aliphatic rings. The zero-order valence-corrected chi connectivity index (χ0v) is 11.7. The molecule has 0 aliphatic carbocycles. The van der Waals surface area contributed by atoms with E-state index >= 15 is 0 Å². The standard InChI is InChI=1S/C12H20N2O5/c1-5-18-8(3)13-10(15)7-11(16)14(12(13)17)9(4)19-6-2/h8-9H,5-7H2,1-4H3. The Hall–Kier alpha value is -1.47. The summed E-state index contributed by atoms with van der Waals surface area (Å²) < 4.78 is 10.5. The summed E-state index contributed by atoms with van der Waals surface area (Å²) >= 11 is 0. The minimum atomic E-state index is -0.700. The van der Waals surface area contributed by atoms with Gasteiger partial charge in [0.15, 0.2) is 0 Å². The second-order valence-electron chi connectivity index (χ2n) is 4.10. The van der Waals surface area contributed by atoms with Crippen LogP contribution < -0.4 is 0 Å². The van der Waals surface area contributed by atoms with Gasteiger partial charge in [-0.3, -0.25) is 9.59 Å². The van der Waals surface area contributed by atoms with E-state index in [1.807, 2.05) is 0 Å². The summed E-state index contributed by atoms with van der Waals surface area (Å²) in [4.78, 5) is 37.7. The van der Waals surface area contributed by atoms with Crippen molar-refractivity contribution < 1.29 is 23.9 Å². The van der Waals surface area contributed by atoms with Crippen LogP contribution in [0.4, 0.5) is 4.79 Å². The topological polar surface area (TPSA) is 76.2 Å². The quantitative estimate of drug-likeness (QED) is 0.672. The highest BCUT2D eigenvalue weighted by molar-refractivity contribution is 6.14. The predicted molar refractivity (Wildman–Crippen MR) is 65.9 cm³/mol. The van der Waals surface area contributed by atoms with Crippen LogP contribution in [-0.2, 0) is 19.1 Å². The number of nitrogens with zero attached hydrogens (tertiary/aromatic N) is 2.